The maximum absolute atomic E-state index is 12.4. The molecule has 1 unspecified atom stereocenters. The molecule has 0 radical (unpaired) electrons. The quantitative estimate of drug-likeness (QED) is 0.707. The first-order valence-corrected chi connectivity index (χ1v) is 9.35. The van der Waals surface area contributed by atoms with Gasteiger partial charge in [0, 0.05) is 24.5 Å². The number of nitrogens with one attached hydrogen (secondary N) is 2. The molecule has 0 aliphatic carbocycles. The minimum absolute atomic E-state index is 0.0717. The zero-order chi connectivity index (χ0) is 19.9. The van der Waals surface area contributed by atoms with Crippen molar-refractivity contribution in [1.29, 1.82) is 0 Å². The fraction of sp³-hybridized carbons (Fsp3) is 0.400. The van der Waals surface area contributed by atoms with Crippen LogP contribution in [0.2, 0.25) is 0 Å². The molecule has 28 heavy (non-hydrogen) atoms. The number of ether oxygens (including phenoxy) is 2. The first-order chi connectivity index (χ1) is 13.5. The predicted octanol–water partition coefficient (Wildman–Crippen LogP) is 2.61. The van der Waals surface area contributed by atoms with Crippen LogP contribution in [-0.2, 0) is 9.47 Å². The number of nitrogens with zero attached hydrogens (tertiary/aromatic N) is 2. The third-order valence-electron chi connectivity index (χ3n) is 4.25. The minimum Gasteiger partial charge on any atom is -0.462 e. The Balaban J connectivity index is 1.65. The van der Waals surface area contributed by atoms with E-state index in [1.165, 1.54) is 0 Å². The van der Waals surface area contributed by atoms with Gasteiger partial charge in [0.15, 0.2) is 0 Å². The van der Waals surface area contributed by atoms with Crippen LogP contribution >= 0.6 is 0 Å². The van der Waals surface area contributed by atoms with Gasteiger partial charge in [0.25, 0.3) is 5.91 Å². The molecule has 1 aromatic carbocycles. The second-order valence-electron chi connectivity index (χ2n) is 6.49. The first-order valence-electron chi connectivity index (χ1n) is 9.35. The van der Waals surface area contributed by atoms with Crippen molar-refractivity contribution in [3.63, 3.8) is 0 Å². The summed E-state index contributed by atoms with van der Waals surface area (Å²) < 4.78 is 10.5. The highest BCUT2D eigenvalue weighted by Crippen LogP contribution is 2.16. The summed E-state index contributed by atoms with van der Waals surface area (Å²) in [7, 11) is 0. The number of carbonyl (C=O) groups is 2. The molecule has 1 aromatic heterocycles. The van der Waals surface area contributed by atoms with E-state index in [9.17, 15) is 9.59 Å². The number of aryl methyl sites for hydroxylation is 1. The Morgan fingerprint density at radius 1 is 1.25 bits per heavy atom. The molecule has 0 saturated carbocycles. The number of hydrogen-bond donors (Lipinski definition) is 2. The van der Waals surface area contributed by atoms with E-state index in [0.29, 0.717) is 36.0 Å². The highest BCUT2D eigenvalue weighted by atomic mass is 16.5. The van der Waals surface area contributed by atoms with E-state index in [1.807, 2.05) is 0 Å². The summed E-state index contributed by atoms with van der Waals surface area (Å²) in [5.74, 6) is -0.320. The summed E-state index contributed by atoms with van der Waals surface area (Å²) >= 11 is 0. The van der Waals surface area contributed by atoms with Crippen molar-refractivity contribution in [2.24, 2.45) is 0 Å². The van der Waals surface area contributed by atoms with Gasteiger partial charge in [-0.05, 0) is 57.0 Å². The zero-order valence-electron chi connectivity index (χ0n) is 16.0. The average molecular weight is 384 g/mol. The van der Waals surface area contributed by atoms with Crippen LogP contribution < -0.4 is 10.6 Å². The van der Waals surface area contributed by atoms with Gasteiger partial charge in [-0.15, -0.1) is 0 Å². The lowest BCUT2D eigenvalue weighted by Crippen LogP contribution is -2.32. The van der Waals surface area contributed by atoms with Gasteiger partial charge in [-0.1, -0.05) is 0 Å². The highest BCUT2D eigenvalue weighted by molar-refractivity contribution is 5.92. The van der Waals surface area contributed by atoms with Gasteiger partial charge in [0.1, 0.15) is 5.69 Å². The molecule has 2 aromatic rings. The largest absolute Gasteiger partial charge is 0.462 e. The molecular formula is C20H24N4O4. The van der Waals surface area contributed by atoms with Crippen molar-refractivity contribution in [2.75, 3.05) is 25.1 Å². The van der Waals surface area contributed by atoms with Crippen molar-refractivity contribution in [2.45, 2.75) is 32.8 Å². The van der Waals surface area contributed by atoms with Gasteiger partial charge >= 0.3 is 5.97 Å². The normalized spacial score (nSPS) is 15.9. The number of hydrogen-bond acceptors (Lipinski definition) is 7. The Labute approximate surface area is 163 Å². The maximum Gasteiger partial charge on any atom is 0.338 e. The topological polar surface area (TPSA) is 102 Å². The molecule has 0 bridgehead atoms. The van der Waals surface area contributed by atoms with E-state index in [4.69, 9.17) is 9.47 Å². The lowest BCUT2D eigenvalue weighted by atomic mass is 10.2. The molecule has 1 aliphatic heterocycles. The Kier molecular flexibility index (Phi) is 6.54. The third-order valence-corrected chi connectivity index (χ3v) is 4.25. The Bertz CT molecular complexity index is 833. The van der Waals surface area contributed by atoms with Gasteiger partial charge < -0.3 is 20.1 Å². The van der Waals surface area contributed by atoms with Crippen LogP contribution in [0.15, 0.2) is 30.3 Å². The first kappa shape index (κ1) is 19.8. The molecule has 2 heterocycles. The van der Waals surface area contributed by atoms with Crippen LogP contribution in [-0.4, -0.2) is 47.7 Å². The highest BCUT2D eigenvalue weighted by Gasteiger charge is 2.18. The van der Waals surface area contributed by atoms with Crippen LogP contribution in [0.5, 0.6) is 0 Å². The Morgan fingerprint density at radius 3 is 2.71 bits per heavy atom. The van der Waals surface area contributed by atoms with Crippen LogP contribution in [0.4, 0.5) is 11.6 Å². The molecule has 1 fully saturated rings. The molecule has 8 nitrogen and oxygen atoms in total. The van der Waals surface area contributed by atoms with Gasteiger partial charge in [0.2, 0.25) is 5.95 Å². The van der Waals surface area contributed by atoms with Crippen molar-refractivity contribution in [3.05, 3.63) is 47.3 Å². The molecular weight excluding hydrogens is 360 g/mol. The lowest BCUT2D eigenvalue weighted by molar-refractivity contribution is 0.0526. The molecule has 1 saturated heterocycles. The van der Waals surface area contributed by atoms with Crippen molar-refractivity contribution in [3.8, 4) is 0 Å². The molecule has 2 N–H and O–H groups in total. The number of anilines is 2. The number of aromatic nitrogens is 2. The summed E-state index contributed by atoms with van der Waals surface area (Å²) in [6, 6.07) is 8.42. The van der Waals surface area contributed by atoms with E-state index in [-0.39, 0.29) is 23.7 Å². The van der Waals surface area contributed by atoms with Gasteiger partial charge in [0.05, 0.1) is 18.3 Å². The average Bonchev–Trinajstić information content (AvgIpc) is 3.20. The van der Waals surface area contributed by atoms with Crippen molar-refractivity contribution < 1.29 is 19.1 Å². The van der Waals surface area contributed by atoms with Crippen LogP contribution in [0.3, 0.4) is 0 Å². The molecule has 148 valence electrons. The standard InChI is InChI=1S/C20H24N4O4/c1-3-27-19(26)14-6-8-15(9-7-14)23-20-22-13(2)11-17(24-20)18(25)21-12-16-5-4-10-28-16/h6-9,11,16H,3-5,10,12H2,1-2H3,(H,21,25)(H,22,23,24). The summed E-state index contributed by atoms with van der Waals surface area (Å²) in [5, 5.41) is 5.91. The zero-order valence-corrected chi connectivity index (χ0v) is 16.0. The molecule has 1 amide bonds. The van der Waals surface area contributed by atoms with E-state index in [1.54, 1.807) is 44.2 Å². The lowest BCUT2D eigenvalue weighted by Gasteiger charge is -2.12. The van der Waals surface area contributed by atoms with E-state index < -0.39 is 0 Å². The maximum atomic E-state index is 12.4. The fourth-order valence-corrected chi connectivity index (χ4v) is 2.88. The van der Waals surface area contributed by atoms with Gasteiger partial charge in [-0.3, -0.25) is 4.79 Å². The van der Waals surface area contributed by atoms with E-state index >= 15 is 0 Å². The number of rotatable bonds is 7. The molecule has 1 atom stereocenters. The monoisotopic (exact) mass is 384 g/mol. The Hall–Kier alpha value is -3.00. The second-order valence-corrected chi connectivity index (χ2v) is 6.49. The second kappa shape index (κ2) is 9.27. The SMILES string of the molecule is CCOC(=O)c1ccc(Nc2nc(C)cc(C(=O)NCC3CCCO3)n2)cc1. The van der Waals surface area contributed by atoms with Crippen LogP contribution in [0, 0.1) is 6.92 Å². The Morgan fingerprint density at radius 2 is 2.04 bits per heavy atom. The minimum atomic E-state index is -0.369. The van der Waals surface area contributed by atoms with E-state index in [2.05, 4.69) is 20.6 Å². The predicted molar refractivity (Wildman–Crippen MR) is 104 cm³/mol. The number of benzene rings is 1. The van der Waals surface area contributed by atoms with Crippen molar-refractivity contribution in [1.82, 2.24) is 15.3 Å². The summed E-state index contributed by atoms with van der Waals surface area (Å²) in [6.07, 6.45) is 2.05. The summed E-state index contributed by atoms with van der Waals surface area (Å²) in [6.45, 7) is 5.11. The van der Waals surface area contributed by atoms with Crippen LogP contribution in [0.25, 0.3) is 0 Å². The molecule has 0 spiro atoms. The molecule has 3 rings (SSSR count). The smallest absolute Gasteiger partial charge is 0.338 e. The fourth-order valence-electron chi connectivity index (χ4n) is 2.88. The summed E-state index contributed by atoms with van der Waals surface area (Å²) in [5.41, 5.74) is 2.12. The number of carbonyl (C=O) groups excluding carboxylic acids is 2. The van der Waals surface area contributed by atoms with Gasteiger partial charge in [-0.25, -0.2) is 14.8 Å². The van der Waals surface area contributed by atoms with E-state index in [0.717, 1.165) is 19.4 Å². The van der Waals surface area contributed by atoms with Crippen molar-refractivity contribution >= 4 is 23.5 Å². The molecule has 1 aliphatic rings. The number of esters is 1. The summed E-state index contributed by atoms with van der Waals surface area (Å²) in [4.78, 5) is 32.7. The van der Waals surface area contributed by atoms with Crippen LogP contribution in [0.1, 0.15) is 46.3 Å². The third kappa shape index (κ3) is 5.26. The molecule has 8 heteroatoms. The number of amides is 1. The van der Waals surface area contributed by atoms with Gasteiger partial charge in [-0.2, -0.15) is 0 Å².